The van der Waals surface area contributed by atoms with Crippen LogP contribution in [-0.4, -0.2) is 97.7 Å². The van der Waals surface area contributed by atoms with Crippen LogP contribution in [0.5, 0.6) is 0 Å². The Labute approximate surface area is 308 Å². The average Bonchev–Trinajstić information content (AvgIpc) is 3.98. The predicted molar refractivity (Wildman–Crippen MR) is 199 cm³/mol. The number of nitrogens with one attached hydrogen (secondary N) is 4. The highest BCUT2D eigenvalue weighted by atomic mass is 16.5. The van der Waals surface area contributed by atoms with Gasteiger partial charge in [0.05, 0.1) is 36.9 Å². The maximum Gasteiger partial charge on any atom is 0.407 e. The van der Waals surface area contributed by atoms with Crippen molar-refractivity contribution < 1.29 is 29.0 Å². The average molecular weight is 725 g/mol. The topological polar surface area (TPSA) is 186 Å². The maximum absolute atomic E-state index is 13.5. The number of methoxy groups -OCH3 is 1. The molecule has 280 valence electrons. The molecule has 53 heavy (non-hydrogen) atoms. The van der Waals surface area contributed by atoms with E-state index in [1.54, 1.807) is 16.0 Å². The number of benzene rings is 2. The number of alkyl carbamates (subject to hydrolysis) is 1. The van der Waals surface area contributed by atoms with Gasteiger partial charge in [-0.2, -0.15) is 0 Å². The fraction of sp³-hybridized carbons (Fsp3) is 0.436. The van der Waals surface area contributed by atoms with Crippen LogP contribution < -0.4 is 10.6 Å². The number of carbonyl (C=O) groups excluding carboxylic acids is 3. The second-order valence-electron chi connectivity index (χ2n) is 14.5. The van der Waals surface area contributed by atoms with Gasteiger partial charge in [-0.15, -0.1) is 0 Å². The van der Waals surface area contributed by atoms with E-state index in [9.17, 15) is 24.3 Å². The number of imidazole rings is 2. The van der Waals surface area contributed by atoms with Crippen molar-refractivity contribution in [2.24, 2.45) is 11.8 Å². The zero-order valence-electron chi connectivity index (χ0n) is 30.8. The minimum atomic E-state index is -1.20. The summed E-state index contributed by atoms with van der Waals surface area (Å²) in [6, 6.07) is 14.8. The van der Waals surface area contributed by atoms with Crippen LogP contribution in [0.4, 0.5) is 9.59 Å². The molecule has 4 atom stereocenters. The van der Waals surface area contributed by atoms with Crippen molar-refractivity contribution in [1.82, 2.24) is 40.4 Å². The summed E-state index contributed by atoms with van der Waals surface area (Å²) in [7, 11) is 1.29. The van der Waals surface area contributed by atoms with E-state index in [4.69, 9.17) is 4.74 Å². The van der Waals surface area contributed by atoms with Crippen molar-refractivity contribution in [3.05, 3.63) is 72.6 Å². The molecule has 6 rings (SSSR count). The monoisotopic (exact) mass is 724 g/mol. The summed E-state index contributed by atoms with van der Waals surface area (Å²) in [6.07, 6.45) is 4.16. The first-order chi connectivity index (χ1) is 25.4. The Morgan fingerprint density at radius 2 is 1.28 bits per heavy atom. The summed E-state index contributed by atoms with van der Waals surface area (Å²) < 4.78 is 4.74. The number of carbonyl (C=O) groups is 4. The Hall–Kier alpha value is -5.66. The van der Waals surface area contributed by atoms with Gasteiger partial charge in [-0.1, -0.05) is 76.2 Å². The molecule has 0 spiro atoms. The second kappa shape index (κ2) is 15.9. The number of likely N-dealkylation sites (tertiary alicyclic amines) is 2. The Morgan fingerprint density at radius 3 is 1.83 bits per heavy atom. The van der Waals surface area contributed by atoms with E-state index in [0.717, 1.165) is 64.6 Å². The molecule has 2 aromatic carbocycles. The number of hydrogen-bond acceptors (Lipinski definition) is 7. The Morgan fingerprint density at radius 1 is 0.755 bits per heavy atom. The third-order valence-electron chi connectivity index (χ3n) is 10.3. The van der Waals surface area contributed by atoms with Gasteiger partial charge in [-0.05, 0) is 53.4 Å². The van der Waals surface area contributed by atoms with Crippen LogP contribution in [0.2, 0.25) is 0 Å². The number of aromatic amines is 2. The van der Waals surface area contributed by atoms with Crippen LogP contribution in [0.3, 0.4) is 0 Å². The Balaban J connectivity index is 1.08. The van der Waals surface area contributed by atoms with Gasteiger partial charge in [0.2, 0.25) is 11.8 Å². The zero-order valence-corrected chi connectivity index (χ0v) is 30.8. The molecule has 2 aromatic heterocycles. The van der Waals surface area contributed by atoms with E-state index in [1.165, 1.54) is 7.11 Å². The number of H-pyrrole nitrogens is 2. The van der Waals surface area contributed by atoms with Crippen LogP contribution in [0.15, 0.2) is 60.9 Å². The van der Waals surface area contributed by atoms with Gasteiger partial charge in [0.15, 0.2) is 0 Å². The van der Waals surface area contributed by atoms with Crippen LogP contribution >= 0.6 is 0 Å². The Kier molecular flexibility index (Phi) is 11.2. The van der Waals surface area contributed by atoms with Gasteiger partial charge < -0.3 is 40.2 Å². The van der Waals surface area contributed by atoms with Crippen molar-refractivity contribution in [3.8, 4) is 33.6 Å². The number of carboxylic acid groups (broad SMARTS) is 1. The Bertz CT molecular complexity index is 1920. The molecule has 4 amide bonds. The number of aromatic nitrogens is 4. The largest absolute Gasteiger partial charge is 0.465 e. The first-order valence-corrected chi connectivity index (χ1v) is 18.2. The zero-order chi connectivity index (χ0) is 37.8. The normalized spacial score (nSPS) is 18.3. The molecule has 4 unspecified atom stereocenters. The predicted octanol–water partition coefficient (Wildman–Crippen LogP) is 5.79. The van der Waals surface area contributed by atoms with E-state index >= 15 is 0 Å². The van der Waals surface area contributed by atoms with Gasteiger partial charge in [-0.25, -0.2) is 19.6 Å². The lowest BCUT2D eigenvalue weighted by Crippen LogP contribution is -2.51. The summed E-state index contributed by atoms with van der Waals surface area (Å²) in [4.78, 5) is 69.4. The quantitative estimate of drug-likeness (QED) is 0.129. The van der Waals surface area contributed by atoms with Crippen molar-refractivity contribution >= 4 is 24.0 Å². The number of nitrogens with zero attached hydrogens (tertiary/aromatic N) is 4. The van der Waals surface area contributed by atoms with Crippen molar-refractivity contribution in [3.63, 3.8) is 0 Å². The number of hydrogen-bond donors (Lipinski definition) is 5. The van der Waals surface area contributed by atoms with Gasteiger partial charge in [-0.3, -0.25) is 9.59 Å². The molecule has 0 bridgehead atoms. The lowest BCUT2D eigenvalue weighted by Gasteiger charge is -2.30. The smallest absolute Gasteiger partial charge is 0.407 e. The second-order valence-corrected chi connectivity index (χ2v) is 14.5. The summed E-state index contributed by atoms with van der Waals surface area (Å²) in [5.41, 5.74) is 5.83. The van der Waals surface area contributed by atoms with Crippen molar-refractivity contribution in [2.75, 3.05) is 26.7 Å². The molecule has 14 nitrogen and oxygen atoms in total. The van der Waals surface area contributed by atoms with E-state index in [0.29, 0.717) is 19.6 Å². The SMILES string of the molecule is COC(=O)NC(C(=O)N1CCCC1c1ncc(-c2ccc(-c3ccc(-c4cnc(C5CCN(C(=O)C(NC(=O)O)C(C)C)C5)[nH]4)cc3)cc2)[nH]1)C(C)C. The van der Waals surface area contributed by atoms with Crippen LogP contribution in [0.1, 0.15) is 70.6 Å². The highest BCUT2D eigenvalue weighted by Gasteiger charge is 2.38. The molecular formula is C39H48N8O6. The molecule has 5 N–H and O–H groups in total. The lowest BCUT2D eigenvalue weighted by molar-refractivity contribution is -0.135. The third-order valence-corrected chi connectivity index (χ3v) is 10.3. The lowest BCUT2D eigenvalue weighted by atomic mass is 10.0. The summed E-state index contributed by atoms with van der Waals surface area (Å²) >= 11 is 0. The molecule has 2 aliphatic heterocycles. The van der Waals surface area contributed by atoms with E-state index in [1.807, 2.05) is 46.0 Å². The molecular weight excluding hydrogens is 676 g/mol. The van der Waals surface area contributed by atoms with Gasteiger partial charge >= 0.3 is 12.2 Å². The number of ether oxygens (including phenoxy) is 1. The molecule has 0 saturated carbocycles. The molecule has 2 aliphatic rings. The molecule has 0 aliphatic carbocycles. The van der Waals surface area contributed by atoms with Gasteiger partial charge in [0.1, 0.15) is 23.7 Å². The number of rotatable bonds is 11. The van der Waals surface area contributed by atoms with E-state index in [-0.39, 0.29) is 35.6 Å². The fourth-order valence-corrected chi connectivity index (χ4v) is 7.25. The van der Waals surface area contributed by atoms with Gasteiger partial charge in [0, 0.05) is 25.6 Å². The molecule has 2 saturated heterocycles. The third kappa shape index (κ3) is 8.21. The summed E-state index contributed by atoms with van der Waals surface area (Å²) in [6.45, 7) is 9.08. The summed E-state index contributed by atoms with van der Waals surface area (Å²) in [5, 5.41) is 14.2. The van der Waals surface area contributed by atoms with E-state index < -0.39 is 24.3 Å². The van der Waals surface area contributed by atoms with Crippen molar-refractivity contribution in [1.29, 1.82) is 0 Å². The molecule has 4 heterocycles. The molecule has 2 fully saturated rings. The minimum absolute atomic E-state index is 0.0428. The fourth-order valence-electron chi connectivity index (χ4n) is 7.25. The first kappa shape index (κ1) is 37.1. The van der Waals surface area contributed by atoms with Crippen LogP contribution in [0.25, 0.3) is 33.6 Å². The van der Waals surface area contributed by atoms with Gasteiger partial charge in [0.25, 0.3) is 0 Å². The standard InChI is InChI=1S/C39H48N8O6/c1-22(2)32(44-38(50)51)36(48)46-18-16-28(21-46)34-40-19-29(42-34)26-12-8-24(9-13-26)25-10-14-27(15-11-25)30-20-41-35(43-30)31-7-6-17-47(31)37(49)33(23(3)4)45-39(52)53-5/h8-15,19-20,22-23,28,31-33,44H,6-7,16-18,21H2,1-5H3,(H,40,42)(H,41,43)(H,45,52)(H,50,51). The van der Waals surface area contributed by atoms with Crippen LogP contribution in [0, 0.1) is 11.8 Å². The molecule has 0 radical (unpaired) electrons. The summed E-state index contributed by atoms with van der Waals surface area (Å²) in [5.74, 6) is 0.970. The van der Waals surface area contributed by atoms with Crippen LogP contribution in [-0.2, 0) is 14.3 Å². The maximum atomic E-state index is 13.5. The molecule has 14 heteroatoms. The van der Waals surface area contributed by atoms with E-state index in [2.05, 4.69) is 67.0 Å². The first-order valence-electron chi connectivity index (χ1n) is 18.2. The highest BCUT2D eigenvalue weighted by molar-refractivity contribution is 5.87. The molecule has 4 aromatic rings. The minimum Gasteiger partial charge on any atom is -0.465 e. The number of amides is 4. The highest BCUT2D eigenvalue weighted by Crippen LogP contribution is 2.34. The van der Waals surface area contributed by atoms with Crippen molar-refractivity contribution in [2.45, 2.75) is 71.0 Å².